The van der Waals surface area contributed by atoms with Gasteiger partial charge in [-0.3, -0.25) is 9.59 Å². The quantitative estimate of drug-likeness (QED) is 0.408. The number of methoxy groups -OCH3 is 1. The van der Waals surface area contributed by atoms with Crippen molar-refractivity contribution in [1.29, 1.82) is 0 Å². The molecule has 34 heavy (non-hydrogen) atoms. The van der Waals surface area contributed by atoms with Crippen LogP contribution in [0, 0.1) is 0 Å². The Morgan fingerprint density at radius 1 is 1.12 bits per heavy atom. The third-order valence-corrected chi connectivity index (χ3v) is 7.39. The van der Waals surface area contributed by atoms with Crippen LogP contribution in [-0.4, -0.2) is 29.9 Å². The van der Waals surface area contributed by atoms with E-state index in [9.17, 15) is 9.59 Å². The summed E-state index contributed by atoms with van der Waals surface area (Å²) in [4.78, 5) is 30.0. The van der Waals surface area contributed by atoms with Crippen LogP contribution in [0.3, 0.4) is 0 Å². The molecule has 7 heteroatoms. The van der Waals surface area contributed by atoms with Crippen molar-refractivity contribution >= 4 is 34.8 Å². The van der Waals surface area contributed by atoms with E-state index in [1.807, 2.05) is 60.0 Å². The van der Waals surface area contributed by atoms with Crippen molar-refractivity contribution in [3.63, 3.8) is 0 Å². The molecule has 0 unspecified atom stereocenters. The Morgan fingerprint density at radius 3 is 2.62 bits per heavy atom. The fourth-order valence-corrected chi connectivity index (χ4v) is 5.39. The summed E-state index contributed by atoms with van der Waals surface area (Å²) in [7, 11) is 1.61. The van der Waals surface area contributed by atoms with E-state index in [1.54, 1.807) is 18.1 Å². The van der Waals surface area contributed by atoms with Crippen molar-refractivity contribution in [2.75, 3.05) is 7.11 Å². The highest BCUT2D eigenvalue weighted by molar-refractivity contribution is 7.10. The zero-order valence-corrected chi connectivity index (χ0v) is 20.8. The molecule has 2 aromatic carbocycles. The molecule has 0 aliphatic heterocycles. The lowest BCUT2D eigenvalue weighted by Crippen LogP contribution is -2.46. The molecule has 1 aliphatic carbocycles. The Hall–Kier alpha value is -2.83. The molecule has 0 radical (unpaired) electrons. The van der Waals surface area contributed by atoms with E-state index >= 15 is 0 Å². The van der Waals surface area contributed by atoms with Gasteiger partial charge in [0, 0.05) is 28.0 Å². The minimum Gasteiger partial charge on any atom is -0.497 e. The van der Waals surface area contributed by atoms with Crippen LogP contribution in [0.1, 0.15) is 47.7 Å². The number of hydrogen-bond acceptors (Lipinski definition) is 4. The topological polar surface area (TPSA) is 58.6 Å². The van der Waals surface area contributed by atoms with Crippen molar-refractivity contribution in [1.82, 2.24) is 10.2 Å². The van der Waals surface area contributed by atoms with E-state index in [0.717, 1.165) is 36.1 Å². The number of hydrogen-bond donors (Lipinski definition) is 1. The normalized spacial score (nSPS) is 14.5. The highest BCUT2D eigenvalue weighted by Crippen LogP contribution is 2.31. The summed E-state index contributed by atoms with van der Waals surface area (Å²) in [6.45, 7) is 0.259. The summed E-state index contributed by atoms with van der Waals surface area (Å²) >= 11 is 8.12. The average molecular weight is 497 g/mol. The number of nitrogens with one attached hydrogen (secondary N) is 1. The summed E-state index contributed by atoms with van der Waals surface area (Å²) in [6.07, 6.45) is 4.35. The molecule has 1 fully saturated rings. The van der Waals surface area contributed by atoms with Gasteiger partial charge in [-0.25, -0.2) is 0 Å². The first-order valence-corrected chi connectivity index (χ1v) is 12.8. The number of nitrogens with zero attached hydrogens (tertiary/aromatic N) is 1. The van der Waals surface area contributed by atoms with Crippen molar-refractivity contribution in [2.24, 2.45) is 0 Å². The number of ether oxygens (including phenoxy) is 1. The van der Waals surface area contributed by atoms with Crippen LogP contribution in [-0.2, 0) is 22.6 Å². The number of amides is 2. The molecule has 1 aliphatic rings. The maximum Gasteiger partial charge on any atom is 0.247 e. The van der Waals surface area contributed by atoms with E-state index < -0.39 is 6.04 Å². The number of carbonyl (C=O) groups is 2. The van der Waals surface area contributed by atoms with Crippen LogP contribution in [0.15, 0.2) is 66.0 Å². The molecule has 0 bridgehead atoms. The van der Waals surface area contributed by atoms with Gasteiger partial charge in [0.05, 0.1) is 13.5 Å². The molecule has 1 heterocycles. The van der Waals surface area contributed by atoms with Crippen molar-refractivity contribution < 1.29 is 14.3 Å². The molecule has 0 saturated heterocycles. The van der Waals surface area contributed by atoms with Crippen LogP contribution in [0.5, 0.6) is 5.75 Å². The largest absolute Gasteiger partial charge is 0.497 e. The predicted molar refractivity (Wildman–Crippen MR) is 136 cm³/mol. The molecule has 178 valence electrons. The second-order valence-electron chi connectivity index (χ2n) is 8.54. The second kappa shape index (κ2) is 11.5. The lowest BCUT2D eigenvalue weighted by Gasteiger charge is -2.33. The summed E-state index contributed by atoms with van der Waals surface area (Å²) in [5.41, 5.74) is 1.51. The fourth-order valence-electron chi connectivity index (χ4n) is 4.45. The molecule has 1 N–H and O–H groups in total. The van der Waals surface area contributed by atoms with Gasteiger partial charge in [-0.05, 0) is 48.1 Å². The Morgan fingerprint density at radius 2 is 1.91 bits per heavy atom. The lowest BCUT2D eigenvalue weighted by molar-refractivity contribution is -0.141. The molecule has 5 nitrogen and oxygen atoms in total. The first kappa shape index (κ1) is 24.3. The lowest BCUT2D eigenvalue weighted by atomic mass is 10.0. The zero-order chi connectivity index (χ0) is 23.9. The van der Waals surface area contributed by atoms with E-state index in [0.29, 0.717) is 16.3 Å². The summed E-state index contributed by atoms with van der Waals surface area (Å²) in [5, 5.41) is 5.61. The molecule has 1 aromatic heterocycles. The van der Waals surface area contributed by atoms with Crippen LogP contribution in [0.2, 0.25) is 5.02 Å². The zero-order valence-electron chi connectivity index (χ0n) is 19.2. The first-order valence-electron chi connectivity index (χ1n) is 11.5. The van der Waals surface area contributed by atoms with Gasteiger partial charge in [0.1, 0.15) is 11.8 Å². The highest BCUT2D eigenvalue weighted by atomic mass is 35.5. The van der Waals surface area contributed by atoms with Gasteiger partial charge in [0.2, 0.25) is 11.8 Å². The summed E-state index contributed by atoms with van der Waals surface area (Å²) in [5.74, 6) is 0.382. The molecule has 0 spiro atoms. The standard InChI is InChI=1S/C27H29ClN2O3S/c1-33-21-11-6-8-19(16-21)18-30(25(31)17-22-12-7-15-34-22)26(23-13-4-5-14-24(23)28)27(32)29-20-9-2-3-10-20/h4-8,11-16,20,26H,2-3,9-10,17-18H2,1H3,(H,29,32)/t26-/m1/s1. The van der Waals surface area contributed by atoms with E-state index in [4.69, 9.17) is 16.3 Å². The summed E-state index contributed by atoms with van der Waals surface area (Å²) in [6, 6.07) is 18.0. The monoisotopic (exact) mass is 496 g/mol. The van der Waals surface area contributed by atoms with Crippen molar-refractivity contribution in [2.45, 2.75) is 50.7 Å². The fraction of sp³-hybridized carbons (Fsp3) is 0.333. The van der Waals surface area contributed by atoms with Crippen LogP contribution in [0.4, 0.5) is 0 Å². The smallest absolute Gasteiger partial charge is 0.247 e. The Kier molecular flexibility index (Phi) is 8.25. The summed E-state index contributed by atoms with van der Waals surface area (Å²) < 4.78 is 5.38. The van der Waals surface area contributed by atoms with E-state index in [1.165, 1.54) is 11.3 Å². The molecular weight excluding hydrogens is 468 g/mol. The SMILES string of the molecule is COc1cccc(CN(C(=O)Cc2cccs2)[C@@H](C(=O)NC2CCCC2)c2ccccc2Cl)c1. The van der Waals surface area contributed by atoms with Crippen LogP contribution >= 0.6 is 22.9 Å². The van der Waals surface area contributed by atoms with Gasteiger partial charge < -0.3 is 15.0 Å². The van der Waals surface area contributed by atoms with Crippen LogP contribution < -0.4 is 10.1 Å². The van der Waals surface area contributed by atoms with Gasteiger partial charge in [-0.2, -0.15) is 0 Å². The molecule has 1 saturated carbocycles. The third kappa shape index (κ3) is 5.99. The highest BCUT2D eigenvalue weighted by Gasteiger charge is 2.34. The van der Waals surface area contributed by atoms with Gasteiger partial charge in [0.15, 0.2) is 0 Å². The van der Waals surface area contributed by atoms with Crippen molar-refractivity contribution in [3.05, 3.63) is 87.1 Å². The van der Waals surface area contributed by atoms with Crippen LogP contribution in [0.25, 0.3) is 0 Å². The van der Waals surface area contributed by atoms with Gasteiger partial charge >= 0.3 is 0 Å². The molecule has 3 aromatic rings. The minimum atomic E-state index is -0.840. The maximum absolute atomic E-state index is 13.7. The van der Waals surface area contributed by atoms with Gasteiger partial charge in [0.25, 0.3) is 0 Å². The molecule has 2 amide bonds. The van der Waals surface area contributed by atoms with Gasteiger partial charge in [-0.1, -0.05) is 60.8 Å². The number of carbonyl (C=O) groups excluding carboxylic acids is 2. The minimum absolute atomic E-state index is 0.128. The number of rotatable bonds is 9. The second-order valence-corrected chi connectivity index (χ2v) is 9.98. The van der Waals surface area contributed by atoms with E-state index in [2.05, 4.69) is 5.32 Å². The van der Waals surface area contributed by atoms with Crippen molar-refractivity contribution in [3.8, 4) is 5.75 Å². The predicted octanol–water partition coefficient (Wildman–Crippen LogP) is 5.78. The number of benzene rings is 2. The number of halogens is 1. The number of thiophene rings is 1. The van der Waals surface area contributed by atoms with Gasteiger partial charge in [-0.15, -0.1) is 11.3 Å². The van der Waals surface area contributed by atoms with E-state index in [-0.39, 0.29) is 30.8 Å². The molecule has 4 rings (SSSR count). The molecule has 1 atom stereocenters. The Bertz CT molecular complexity index is 1110. The Labute approximate surface area is 209 Å². The molecular formula is C27H29ClN2O3S. The first-order chi connectivity index (χ1) is 16.5. The average Bonchev–Trinajstić information content (AvgIpc) is 3.54. The third-order valence-electron chi connectivity index (χ3n) is 6.17. The Balaban J connectivity index is 1.72. The maximum atomic E-state index is 13.7.